The molecule has 0 amide bonds. The van der Waals surface area contributed by atoms with Gasteiger partial charge in [0.25, 0.3) is 0 Å². The van der Waals surface area contributed by atoms with Crippen molar-refractivity contribution in [2.45, 2.75) is 6.10 Å². The van der Waals surface area contributed by atoms with Crippen LogP contribution in [-0.4, -0.2) is 6.61 Å². The van der Waals surface area contributed by atoms with Crippen molar-refractivity contribution in [2.24, 2.45) is 0 Å². The zero-order valence-electron chi connectivity index (χ0n) is 5.98. The van der Waals surface area contributed by atoms with Crippen molar-refractivity contribution in [3.8, 4) is 0 Å². The van der Waals surface area contributed by atoms with Crippen molar-refractivity contribution < 1.29 is 17.9 Å². The van der Waals surface area contributed by atoms with Gasteiger partial charge in [0.05, 0.1) is 6.61 Å². The molecule has 1 aliphatic heterocycles. The first-order chi connectivity index (χ1) is 5.68. The molecule has 1 aromatic rings. The van der Waals surface area contributed by atoms with E-state index in [1.165, 1.54) is 0 Å². The molecule has 1 aliphatic rings. The molecule has 1 heterocycles. The molecule has 0 bridgehead atoms. The summed E-state index contributed by atoms with van der Waals surface area (Å²) < 4.78 is 42.3. The Bertz CT molecular complexity index is 297. The molecule has 1 unspecified atom stereocenters. The first-order valence-electron chi connectivity index (χ1n) is 3.44. The van der Waals surface area contributed by atoms with Gasteiger partial charge >= 0.3 is 0 Å². The SMILES string of the molecule is Fc1cc(C2CO2)cc(F)c1F. The maximum absolute atomic E-state index is 12.6. The second kappa shape index (κ2) is 2.48. The lowest BCUT2D eigenvalue weighted by Crippen LogP contribution is -1.93. The fourth-order valence-electron chi connectivity index (χ4n) is 1.00. The van der Waals surface area contributed by atoms with Crippen molar-refractivity contribution in [1.29, 1.82) is 0 Å². The molecular formula is C8H5F3O. The van der Waals surface area contributed by atoms with Crippen LogP contribution in [0.5, 0.6) is 0 Å². The highest BCUT2D eigenvalue weighted by Crippen LogP contribution is 2.31. The Labute approximate surface area is 66.8 Å². The van der Waals surface area contributed by atoms with E-state index in [9.17, 15) is 13.2 Å². The third kappa shape index (κ3) is 1.18. The maximum Gasteiger partial charge on any atom is 0.194 e. The Hall–Kier alpha value is -1.03. The highest BCUT2D eigenvalue weighted by molar-refractivity contribution is 5.23. The van der Waals surface area contributed by atoms with E-state index in [-0.39, 0.29) is 6.10 Å². The molecule has 0 aromatic heterocycles. The standard InChI is InChI=1S/C8H5F3O/c9-5-1-4(7-3-12-7)2-6(10)8(5)11/h1-2,7H,3H2. The summed E-state index contributed by atoms with van der Waals surface area (Å²) in [4.78, 5) is 0. The molecule has 0 saturated carbocycles. The van der Waals surface area contributed by atoms with E-state index in [2.05, 4.69) is 0 Å². The van der Waals surface area contributed by atoms with Crippen molar-refractivity contribution in [1.82, 2.24) is 0 Å². The Kier molecular flexibility index (Phi) is 1.58. The lowest BCUT2D eigenvalue weighted by Gasteiger charge is -1.98. The summed E-state index contributed by atoms with van der Waals surface area (Å²) in [5.74, 6) is -3.76. The summed E-state index contributed by atoms with van der Waals surface area (Å²) in [5.41, 5.74) is 0.353. The fourth-order valence-corrected chi connectivity index (χ4v) is 1.00. The van der Waals surface area contributed by atoms with Gasteiger partial charge in [-0.25, -0.2) is 13.2 Å². The van der Waals surface area contributed by atoms with E-state index >= 15 is 0 Å². The number of hydrogen-bond donors (Lipinski definition) is 0. The van der Waals surface area contributed by atoms with Crippen molar-refractivity contribution in [3.05, 3.63) is 35.1 Å². The lowest BCUT2D eigenvalue weighted by atomic mass is 10.1. The Balaban J connectivity index is 2.45. The lowest BCUT2D eigenvalue weighted by molar-refractivity contribution is 0.407. The Morgan fingerprint density at radius 1 is 1.17 bits per heavy atom. The first-order valence-corrected chi connectivity index (χ1v) is 3.44. The van der Waals surface area contributed by atoms with E-state index in [1.807, 2.05) is 0 Å². The number of halogens is 3. The van der Waals surface area contributed by atoms with Crippen LogP contribution in [-0.2, 0) is 4.74 Å². The molecule has 2 rings (SSSR count). The third-order valence-electron chi connectivity index (χ3n) is 1.71. The minimum Gasteiger partial charge on any atom is -0.368 e. The van der Waals surface area contributed by atoms with Gasteiger partial charge in [-0.1, -0.05) is 0 Å². The number of benzene rings is 1. The average Bonchev–Trinajstić information content (AvgIpc) is 2.81. The van der Waals surface area contributed by atoms with Gasteiger partial charge in [0.2, 0.25) is 0 Å². The van der Waals surface area contributed by atoms with Gasteiger partial charge in [-0.15, -0.1) is 0 Å². The van der Waals surface area contributed by atoms with E-state index in [0.717, 1.165) is 12.1 Å². The van der Waals surface area contributed by atoms with Gasteiger partial charge < -0.3 is 4.74 Å². The summed E-state index contributed by atoms with van der Waals surface area (Å²) in [5, 5.41) is 0. The summed E-state index contributed by atoms with van der Waals surface area (Å²) in [6.07, 6.45) is -0.255. The second-order valence-corrected chi connectivity index (χ2v) is 2.62. The minimum absolute atomic E-state index is 0.255. The molecular weight excluding hydrogens is 169 g/mol. The van der Waals surface area contributed by atoms with Crippen LogP contribution < -0.4 is 0 Å². The van der Waals surface area contributed by atoms with Gasteiger partial charge in [0.15, 0.2) is 17.5 Å². The van der Waals surface area contributed by atoms with Crippen LogP contribution in [0.1, 0.15) is 11.7 Å². The zero-order chi connectivity index (χ0) is 8.72. The molecule has 0 N–H and O–H groups in total. The molecule has 1 saturated heterocycles. The predicted octanol–water partition coefficient (Wildman–Crippen LogP) is 2.18. The van der Waals surface area contributed by atoms with Gasteiger partial charge in [-0.2, -0.15) is 0 Å². The summed E-state index contributed by atoms with van der Waals surface area (Å²) in [6, 6.07) is 1.91. The topological polar surface area (TPSA) is 12.5 Å². The zero-order valence-corrected chi connectivity index (χ0v) is 5.98. The molecule has 12 heavy (non-hydrogen) atoms. The molecule has 64 valence electrons. The van der Waals surface area contributed by atoms with Crippen LogP contribution in [0.3, 0.4) is 0 Å². The van der Waals surface area contributed by atoms with Crippen molar-refractivity contribution >= 4 is 0 Å². The monoisotopic (exact) mass is 174 g/mol. The van der Waals surface area contributed by atoms with Crippen molar-refractivity contribution in [3.63, 3.8) is 0 Å². The average molecular weight is 174 g/mol. The molecule has 1 atom stereocenters. The number of epoxide rings is 1. The molecule has 0 spiro atoms. The van der Waals surface area contributed by atoms with E-state index < -0.39 is 17.5 Å². The summed E-state index contributed by atoms with van der Waals surface area (Å²) in [6.45, 7) is 0.449. The number of rotatable bonds is 1. The Morgan fingerprint density at radius 3 is 2.08 bits per heavy atom. The first kappa shape index (κ1) is 7.61. The van der Waals surface area contributed by atoms with Crippen LogP contribution in [0.2, 0.25) is 0 Å². The number of ether oxygens (including phenoxy) is 1. The van der Waals surface area contributed by atoms with E-state index in [0.29, 0.717) is 12.2 Å². The van der Waals surface area contributed by atoms with Gasteiger partial charge in [0.1, 0.15) is 6.10 Å². The maximum atomic E-state index is 12.6. The van der Waals surface area contributed by atoms with Gasteiger partial charge in [-0.05, 0) is 17.7 Å². The smallest absolute Gasteiger partial charge is 0.194 e. The molecule has 0 aliphatic carbocycles. The Morgan fingerprint density at radius 2 is 1.67 bits per heavy atom. The largest absolute Gasteiger partial charge is 0.368 e. The van der Waals surface area contributed by atoms with Crippen LogP contribution in [0.4, 0.5) is 13.2 Å². The second-order valence-electron chi connectivity index (χ2n) is 2.62. The third-order valence-corrected chi connectivity index (χ3v) is 1.71. The van der Waals surface area contributed by atoms with Crippen LogP contribution in [0.25, 0.3) is 0 Å². The minimum atomic E-state index is -1.43. The number of hydrogen-bond acceptors (Lipinski definition) is 1. The van der Waals surface area contributed by atoms with Crippen LogP contribution in [0.15, 0.2) is 12.1 Å². The summed E-state index contributed by atoms with van der Waals surface area (Å²) >= 11 is 0. The molecule has 1 nitrogen and oxygen atoms in total. The molecule has 4 heteroatoms. The van der Waals surface area contributed by atoms with Gasteiger partial charge in [-0.3, -0.25) is 0 Å². The molecule has 1 fully saturated rings. The van der Waals surface area contributed by atoms with E-state index in [4.69, 9.17) is 4.74 Å². The summed E-state index contributed by atoms with van der Waals surface area (Å²) in [7, 11) is 0. The van der Waals surface area contributed by atoms with Crippen LogP contribution >= 0.6 is 0 Å². The highest BCUT2D eigenvalue weighted by atomic mass is 19.2. The fraction of sp³-hybridized carbons (Fsp3) is 0.250. The highest BCUT2D eigenvalue weighted by Gasteiger charge is 2.27. The molecule has 1 aromatic carbocycles. The normalized spacial score (nSPS) is 21.1. The van der Waals surface area contributed by atoms with Crippen LogP contribution in [0, 0.1) is 17.5 Å². The predicted molar refractivity (Wildman–Crippen MR) is 35.0 cm³/mol. The van der Waals surface area contributed by atoms with Crippen molar-refractivity contribution in [2.75, 3.05) is 6.61 Å². The van der Waals surface area contributed by atoms with E-state index in [1.54, 1.807) is 0 Å². The quantitative estimate of drug-likeness (QED) is 0.469. The molecule has 0 radical (unpaired) electrons. The van der Waals surface area contributed by atoms with Gasteiger partial charge in [0, 0.05) is 0 Å².